The fourth-order valence-corrected chi connectivity index (χ4v) is 2.22. The molecule has 84 valence electrons. The van der Waals surface area contributed by atoms with E-state index in [1.54, 1.807) is 0 Å². The lowest BCUT2D eigenvalue weighted by Gasteiger charge is -2.33. The summed E-state index contributed by atoms with van der Waals surface area (Å²) in [6.07, 6.45) is 8.92. The molecule has 1 aromatic heterocycles. The number of hydrogen-bond acceptors (Lipinski definition) is 3. The first kappa shape index (κ1) is 10.6. The van der Waals surface area contributed by atoms with Crippen LogP contribution in [0.4, 0.5) is 0 Å². The molecule has 15 heavy (non-hydrogen) atoms. The van der Waals surface area contributed by atoms with Crippen molar-refractivity contribution in [2.24, 2.45) is 11.8 Å². The molecule has 1 aromatic rings. The minimum absolute atomic E-state index is 0.236. The van der Waals surface area contributed by atoms with Crippen LogP contribution in [-0.2, 0) is 6.54 Å². The summed E-state index contributed by atoms with van der Waals surface area (Å²) in [6.45, 7) is 3.21. The van der Waals surface area contributed by atoms with Crippen LogP contribution in [0.15, 0.2) is 12.4 Å². The maximum absolute atomic E-state index is 5.64. The highest BCUT2D eigenvalue weighted by molar-refractivity contribution is 5.03. The van der Waals surface area contributed by atoms with Gasteiger partial charge in [-0.15, -0.1) is 0 Å². The van der Waals surface area contributed by atoms with Gasteiger partial charge in [0.2, 0.25) is 0 Å². The molecule has 0 amide bonds. The van der Waals surface area contributed by atoms with Crippen molar-refractivity contribution in [3.05, 3.63) is 18.2 Å². The average molecular weight is 208 g/mol. The largest absolute Gasteiger partial charge is 0.334 e. The Balaban J connectivity index is 2.13. The van der Waals surface area contributed by atoms with E-state index < -0.39 is 0 Å². The second-order valence-corrected chi connectivity index (χ2v) is 4.31. The number of nitrogens with two attached hydrogens (primary N) is 1. The van der Waals surface area contributed by atoms with Crippen molar-refractivity contribution in [1.29, 1.82) is 0 Å². The lowest BCUT2D eigenvalue weighted by molar-refractivity contribution is 0.220. The first-order valence-corrected chi connectivity index (χ1v) is 5.84. The lowest BCUT2D eigenvalue weighted by Crippen LogP contribution is -2.38. The van der Waals surface area contributed by atoms with Crippen LogP contribution in [0.2, 0.25) is 0 Å². The van der Waals surface area contributed by atoms with Gasteiger partial charge in [-0.25, -0.2) is 10.4 Å². The summed E-state index contributed by atoms with van der Waals surface area (Å²) in [4.78, 5) is 4.43. The predicted octanol–water partition coefficient (Wildman–Crippen LogP) is 1.60. The molecule has 4 nitrogen and oxygen atoms in total. The summed E-state index contributed by atoms with van der Waals surface area (Å²) < 4.78 is 2.21. The SMILES string of the molecule is CCCn1ccnc1C(NN)C1CCC1. The molecule has 0 aromatic carbocycles. The number of imidazole rings is 1. The Labute approximate surface area is 90.8 Å². The molecule has 3 N–H and O–H groups in total. The van der Waals surface area contributed by atoms with Crippen molar-refractivity contribution in [2.45, 2.75) is 45.2 Å². The van der Waals surface area contributed by atoms with E-state index in [1.165, 1.54) is 19.3 Å². The highest BCUT2D eigenvalue weighted by Gasteiger charge is 2.30. The molecule has 1 fully saturated rings. The Hall–Kier alpha value is -0.870. The van der Waals surface area contributed by atoms with E-state index in [4.69, 9.17) is 5.84 Å². The number of nitrogens with zero attached hydrogens (tertiary/aromatic N) is 2. The van der Waals surface area contributed by atoms with Crippen LogP contribution in [0, 0.1) is 5.92 Å². The molecule has 4 heteroatoms. The van der Waals surface area contributed by atoms with E-state index in [2.05, 4.69) is 21.9 Å². The molecule has 1 saturated carbocycles. The Kier molecular flexibility index (Phi) is 3.38. The predicted molar refractivity (Wildman–Crippen MR) is 59.9 cm³/mol. The van der Waals surface area contributed by atoms with Gasteiger partial charge in [0.25, 0.3) is 0 Å². The van der Waals surface area contributed by atoms with E-state index in [0.717, 1.165) is 18.8 Å². The van der Waals surface area contributed by atoms with Crippen molar-refractivity contribution < 1.29 is 0 Å². The van der Waals surface area contributed by atoms with Crippen molar-refractivity contribution in [3.63, 3.8) is 0 Å². The first-order valence-electron chi connectivity index (χ1n) is 5.84. The Morgan fingerprint density at radius 3 is 3.00 bits per heavy atom. The van der Waals surface area contributed by atoms with Crippen molar-refractivity contribution >= 4 is 0 Å². The van der Waals surface area contributed by atoms with Crippen LogP contribution in [0.3, 0.4) is 0 Å². The highest BCUT2D eigenvalue weighted by Crippen LogP contribution is 2.36. The third kappa shape index (κ3) is 2.06. The van der Waals surface area contributed by atoms with Gasteiger partial charge in [0.15, 0.2) is 0 Å². The molecule has 0 saturated heterocycles. The van der Waals surface area contributed by atoms with Crippen LogP contribution in [0.5, 0.6) is 0 Å². The minimum atomic E-state index is 0.236. The number of rotatable bonds is 5. The molecule has 2 rings (SSSR count). The smallest absolute Gasteiger partial charge is 0.127 e. The van der Waals surface area contributed by atoms with Crippen molar-refractivity contribution in [2.75, 3.05) is 0 Å². The number of aromatic nitrogens is 2. The second-order valence-electron chi connectivity index (χ2n) is 4.31. The highest BCUT2D eigenvalue weighted by atomic mass is 15.3. The van der Waals surface area contributed by atoms with E-state index in [9.17, 15) is 0 Å². The fraction of sp³-hybridized carbons (Fsp3) is 0.727. The van der Waals surface area contributed by atoms with Crippen molar-refractivity contribution in [1.82, 2.24) is 15.0 Å². The van der Waals surface area contributed by atoms with Crippen LogP contribution >= 0.6 is 0 Å². The molecule has 1 heterocycles. The summed E-state index contributed by atoms with van der Waals surface area (Å²) >= 11 is 0. The van der Waals surface area contributed by atoms with Gasteiger partial charge in [0, 0.05) is 18.9 Å². The monoisotopic (exact) mass is 208 g/mol. The van der Waals surface area contributed by atoms with Gasteiger partial charge in [0.05, 0.1) is 6.04 Å². The van der Waals surface area contributed by atoms with Gasteiger partial charge in [0.1, 0.15) is 5.82 Å². The van der Waals surface area contributed by atoms with Gasteiger partial charge in [-0.2, -0.15) is 0 Å². The topological polar surface area (TPSA) is 55.9 Å². The van der Waals surface area contributed by atoms with E-state index in [-0.39, 0.29) is 6.04 Å². The molecule has 1 unspecified atom stereocenters. The zero-order valence-corrected chi connectivity index (χ0v) is 9.32. The summed E-state index contributed by atoms with van der Waals surface area (Å²) in [5, 5.41) is 0. The number of hydrogen-bond donors (Lipinski definition) is 2. The van der Waals surface area contributed by atoms with Crippen LogP contribution in [0.1, 0.15) is 44.5 Å². The van der Waals surface area contributed by atoms with Gasteiger partial charge < -0.3 is 4.57 Å². The van der Waals surface area contributed by atoms with Gasteiger partial charge in [-0.05, 0) is 25.2 Å². The molecular weight excluding hydrogens is 188 g/mol. The van der Waals surface area contributed by atoms with E-state index >= 15 is 0 Å². The number of aryl methyl sites for hydroxylation is 1. The normalized spacial score (nSPS) is 18.8. The first-order chi connectivity index (χ1) is 7.36. The molecule has 0 bridgehead atoms. The van der Waals surface area contributed by atoms with Gasteiger partial charge in [-0.1, -0.05) is 13.3 Å². The van der Waals surface area contributed by atoms with Gasteiger partial charge >= 0.3 is 0 Å². The summed E-state index contributed by atoms with van der Waals surface area (Å²) in [5.41, 5.74) is 2.92. The average Bonchev–Trinajstić information content (AvgIpc) is 2.60. The molecule has 0 radical (unpaired) electrons. The lowest BCUT2D eigenvalue weighted by atomic mass is 9.79. The maximum Gasteiger partial charge on any atom is 0.127 e. The standard InChI is InChI=1S/C11H20N4/c1-2-7-15-8-6-13-11(15)10(14-12)9-4-3-5-9/h6,8-10,14H,2-5,7,12H2,1H3. The van der Waals surface area contributed by atoms with E-state index in [1.807, 2.05) is 12.4 Å². The molecule has 1 atom stereocenters. The summed E-state index contributed by atoms with van der Waals surface area (Å²) in [7, 11) is 0. The van der Waals surface area contributed by atoms with Gasteiger partial charge in [-0.3, -0.25) is 5.84 Å². The third-order valence-electron chi connectivity index (χ3n) is 3.29. The van der Waals surface area contributed by atoms with Crippen LogP contribution in [-0.4, -0.2) is 9.55 Å². The van der Waals surface area contributed by atoms with Crippen molar-refractivity contribution in [3.8, 4) is 0 Å². The Morgan fingerprint density at radius 2 is 2.47 bits per heavy atom. The maximum atomic E-state index is 5.64. The van der Waals surface area contributed by atoms with Crippen LogP contribution < -0.4 is 11.3 Å². The Bertz CT molecular complexity index is 303. The minimum Gasteiger partial charge on any atom is -0.334 e. The zero-order chi connectivity index (χ0) is 10.7. The molecular formula is C11H20N4. The Morgan fingerprint density at radius 1 is 1.67 bits per heavy atom. The van der Waals surface area contributed by atoms with Crippen LogP contribution in [0.25, 0.3) is 0 Å². The molecule has 0 spiro atoms. The molecule has 1 aliphatic rings. The van der Waals surface area contributed by atoms with E-state index in [0.29, 0.717) is 5.92 Å². The number of nitrogens with one attached hydrogen (secondary N) is 1. The second kappa shape index (κ2) is 4.77. The molecule has 1 aliphatic carbocycles. The molecule has 0 aliphatic heterocycles. The summed E-state index contributed by atoms with van der Waals surface area (Å²) in [5.74, 6) is 7.41. The number of hydrazine groups is 1. The zero-order valence-electron chi connectivity index (χ0n) is 9.32. The summed E-state index contributed by atoms with van der Waals surface area (Å²) in [6, 6.07) is 0.236. The quantitative estimate of drug-likeness (QED) is 0.571. The third-order valence-corrected chi connectivity index (χ3v) is 3.29. The fourth-order valence-electron chi connectivity index (χ4n) is 2.22.